The van der Waals surface area contributed by atoms with Crippen LogP contribution >= 0.6 is 0 Å². The number of nitro groups is 1. The van der Waals surface area contributed by atoms with Crippen molar-refractivity contribution in [3.8, 4) is 0 Å². The second-order valence-electron chi connectivity index (χ2n) is 6.62. The van der Waals surface area contributed by atoms with Gasteiger partial charge in [-0.2, -0.15) is 0 Å². The third kappa shape index (κ3) is 6.59. The molecule has 0 aliphatic rings. The summed E-state index contributed by atoms with van der Waals surface area (Å²) in [6, 6.07) is 12.7. The number of nitrogens with one attached hydrogen (secondary N) is 3. The molecule has 0 aliphatic carbocycles. The first-order valence-electron chi connectivity index (χ1n) is 9.10. The Morgan fingerprint density at radius 2 is 1.63 bits per heavy atom. The van der Waals surface area contributed by atoms with E-state index >= 15 is 0 Å². The Morgan fingerprint density at radius 1 is 1.00 bits per heavy atom. The Bertz CT molecular complexity index is 917. The molecule has 158 valence electrons. The Kier molecular flexibility index (Phi) is 7.86. The van der Waals surface area contributed by atoms with Gasteiger partial charge in [-0.15, -0.1) is 0 Å². The molecule has 0 fully saturated rings. The van der Waals surface area contributed by atoms with Crippen LogP contribution in [0, 0.1) is 16.0 Å². The second-order valence-corrected chi connectivity index (χ2v) is 6.62. The van der Waals surface area contributed by atoms with Crippen molar-refractivity contribution in [2.24, 2.45) is 5.92 Å². The maximum absolute atomic E-state index is 12.4. The van der Waals surface area contributed by atoms with E-state index in [4.69, 9.17) is 4.74 Å². The van der Waals surface area contributed by atoms with E-state index in [1.807, 2.05) is 0 Å². The number of ether oxygens (including phenoxy) is 1. The van der Waals surface area contributed by atoms with Gasteiger partial charge in [0.1, 0.15) is 11.7 Å². The lowest BCUT2D eigenvalue weighted by molar-refractivity contribution is -0.383. The maximum atomic E-state index is 12.4. The maximum Gasteiger partial charge on any atom is 0.329 e. The van der Waals surface area contributed by atoms with Gasteiger partial charge in [-0.25, -0.2) is 9.59 Å². The van der Waals surface area contributed by atoms with Crippen molar-refractivity contribution in [1.29, 1.82) is 0 Å². The summed E-state index contributed by atoms with van der Waals surface area (Å²) in [4.78, 5) is 46.9. The zero-order valence-corrected chi connectivity index (χ0v) is 16.5. The molecule has 10 heteroatoms. The van der Waals surface area contributed by atoms with Gasteiger partial charge in [0, 0.05) is 11.8 Å². The summed E-state index contributed by atoms with van der Waals surface area (Å²) < 4.78 is 4.99. The molecule has 2 aromatic carbocycles. The number of carbonyl (C=O) groups excluding carboxylic acids is 3. The summed E-state index contributed by atoms with van der Waals surface area (Å²) in [5.74, 6) is -1.85. The first-order valence-corrected chi connectivity index (χ1v) is 9.10. The third-order valence-corrected chi connectivity index (χ3v) is 3.96. The van der Waals surface area contributed by atoms with Crippen LogP contribution in [0.25, 0.3) is 0 Å². The minimum absolute atomic E-state index is 0.00989. The van der Waals surface area contributed by atoms with Gasteiger partial charge < -0.3 is 20.7 Å². The standard InChI is InChI=1S/C20H22N4O6/c1-13(2)18(23-20(27)21-14-8-4-3-5-9-14)19(26)30-12-17(25)22-15-10-6-7-11-16(15)24(28)29/h3-11,13,18H,12H2,1-2H3,(H,22,25)(H2,21,23,27)/t18-/m1/s1. The van der Waals surface area contributed by atoms with Gasteiger partial charge in [0.2, 0.25) is 0 Å². The molecule has 0 heterocycles. The number of hydrogen-bond acceptors (Lipinski definition) is 6. The number of benzene rings is 2. The van der Waals surface area contributed by atoms with Crippen LogP contribution in [0.3, 0.4) is 0 Å². The number of amides is 3. The van der Waals surface area contributed by atoms with E-state index in [1.54, 1.807) is 44.2 Å². The molecule has 10 nitrogen and oxygen atoms in total. The van der Waals surface area contributed by atoms with Gasteiger partial charge in [-0.3, -0.25) is 14.9 Å². The van der Waals surface area contributed by atoms with Crippen LogP contribution in [0.1, 0.15) is 13.8 Å². The van der Waals surface area contributed by atoms with E-state index in [0.717, 1.165) is 0 Å². The zero-order valence-electron chi connectivity index (χ0n) is 16.5. The number of esters is 1. The number of rotatable bonds is 8. The van der Waals surface area contributed by atoms with Gasteiger partial charge in [0.05, 0.1) is 4.92 Å². The number of urea groups is 1. The van der Waals surface area contributed by atoms with Gasteiger partial charge >= 0.3 is 12.0 Å². The van der Waals surface area contributed by atoms with Crippen LogP contribution in [-0.2, 0) is 14.3 Å². The SMILES string of the molecule is CC(C)[C@@H](NC(=O)Nc1ccccc1)C(=O)OCC(=O)Nc1ccccc1[N+](=O)[O-]. The lowest BCUT2D eigenvalue weighted by Gasteiger charge is -2.21. The number of carbonyl (C=O) groups is 3. The highest BCUT2D eigenvalue weighted by Crippen LogP contribution is 2.22. The highest BCUT2D eigenvalue weighted by atomic mass is 16.6. The molecule has 3 N–H and O–H groups in total. The Labute approximate surface area is 172 Å². The predicted molar refractivity (Wildman–Crippen MR) is 110 cm³/mol. The predicted octanol–water partition coefficient (Wildman–Crippen LogP) is 2.92. The fraction of sp³-hybridized carbons (Fsp3) is 0.250. The van der Waals surface area contributed by atoms with Crippen LogP contribution in [0.5, 0.6) is 0 Å². The molecule has 3 amide bonds. The molecule has 0 radical (unpaired) electrons. The van der Waals surface area contributed by atoms with Crippen LogP contribution in [0.2, 0.25) is 0 Å². The number of para-hydroxylation sites is 3. The molecule has 0 aliphatic heterocycles. The minimum atomic E-state index is -0.993. The van der Waals surface area contributed by atoms with Crippen molar-refractivity contribution < 1.29 is 24.0 Å². The monoisotopic (exact) mass is 414 g/mol. The van der Waals surface area contributed by atoms with E-state index < -0.39 is 35.5 Å². The van der Waals surface area contributed by atoms with Crippen molar-refractivity contribution in [2.45, 2.75) is 19.9 Å². The molecule has 0 aromatic heterocycles. The van der Waals surface area contributed by atoms with E-state index in [2.05, 4.69) is 16.0 Å². The fourth-order valence-corrected chi connectivity index (χ4v) is 2.48. The third-order valence-electron chi connectivity index (χ3n) is 3.96. The largest absolute Gasteiger partial charge is 0.454 e. The van der Waals surface area contributed by atoms with Crippen molar-refractivity contribution in [2.75, 3.05) is 17.2 Å². The molecule has 0 unspecified atom stereocenters. The summed E-state index contributed by atoms with van der Waals surface area (Å²) in [5.41, 5.74) is 0.260. The first kappa shape index (κ1) is 22.3. The minimum Gasteiger partial charge on any atom is -0.454 e. The highest BCUT2D eigenvalue weighted by molar-refractivity contribution is 5.96. The lowest BCUT2D eigenvalue weighted by atomic mass is 10.1. The summed E-state index contributed by atoms with van der Waals surface area (Å²) in [5, 5.41) is 18.4. The quantitative estimate of drug-likeness (QED) is 0.345. The second kappa shape index (κ2) is 10.6. The number of hydrogen-bond donors (Lipinski definition) is 3. The number of anilines is 2. The van der Waals surface area contributed by atoms with E-state index in [1.165, 1.54) is 24.3 Å². The average molecular weight is 414 g/mol. The van der Waals surface area contributed by atoms with Crippen molar-refractivity contribution in [1.82, 2.24) is 5.32 Å². The molecule has 2 aromatic rings. The van der Waals surface area contributed by atoms with E-state index in [0.29, 0.717) is 5.69 Å². The summed E-state index contributed by atoms with van der Waals surface area (Å²) in [6.45, 7) is 2.76. The van der Waals surface area contributed by atoms with Crippen molar-refractivity contribution >= 4 is 35.0 Å². The fourth-order valence-electron chi connectivity index (χ4n) is 2.48. The molecule has 0 saturated heterocycles. The molecule has 0 saturated carbocycles. The van der Waals surface area contributed by atoms with Crippen LogP contribution < -0.4 is 16.0 Å². The molecule has 0 spiro atoms. The Morgan fingerprint density at radius 3 is 2.27 bits per heavy atom. The van der Waals surface area contributed by atoms with Gasteiger partial charge in [0.15, 0.2) is 6.61 Å². The first-order chi connectivity index (χ1) is 14.3. The Balaban J connectivity index is 1.91. The molecule has 0 bridgehead atoms. The van der Waals surface area contributed by atoms with Crippen LogP contribution in [0.4, 0.5) is 21.9 Å². The van der Waals surface area contributed by atoms with Gasteiger partial charge in [-0.1, -0.05) is 44.2 Å². The van der Waals surface area contributed by atoms with Gasteiger partial charge in [0.25, 0.3) is 11.6 Å². The molecule has 1 atom stereocenters. The normalized spacial score (nSPS) is 11.3. The number of nitrogens with zero attached hydrogens (tertiary/aromatic N) is 1. The molecular formula is C20H22N4O6. The van der Waals surface area contributed by atoms with Crippen molar-refractivity contribution in [3.63, 3.8) is 0 Å². The summed E-state index contributed by atoms with van der Waals surface area (Å²) >= 11 is 0. The Hall–Kier alpha value is -3.95. The molecular weight excluding hydrogens is 392 g/mol. The smallest absolute Gasteiger partial charge is 0.329 e. The summed E-state index contributed by atoms with van der Waals surface area (Å²) in [7, 11) is 0. The van der Waals surface area contributed by atoms with Gasteiger partial charge in [-0.05, 0) is 24.1 Å². The van der Waals surface area contributed by atoms with Crippen LogP contribution in [0.15, 0.2) is 54.6 Å². The topological polar surface area (TPSA) is 140 Å². The van der Waals surface area contributed by atoms with E-state index in [9.17, 15) is 24.5 Å². The highest BCUT2D eigenvalue weighted by Gasteiger charge is 2.26. The zero-order chi connectivity index (χ0) is 22.1. The summed E-state index contributed by atoms with van der Waals surface area (Å²) in [6.07, 6.45) is 0. The van der Waals surface area contributed by atoms with Crippen LogP contribution in [-0.4, -0.2) is 35.5 Å². The van der Waals surface area contributed by atoms with E-state index in [-0.39, 0.29) is 17.3 Å². The number of nitro benzene ring substituents is 1. The van der Waals surface area contributed by atoms with Crippen molar-refractivity contribution in [3.05, 3.63) is 64.7 Å². The lowest BCUT2D eigenvalue weighted by Crippen LogP contribution is -2.47. The molecule has 30 heavy (non-hydrogen) atoms. The average Bonchev–Trinajstić information content (AvgIpc) is 2.71. The molecule has 2 rings (SSSR count).